The summed E-state index contributed by atoms with van der Waals surface area (Å²) in [6.07, 6.45) is 0. The van der Waals surface area contributed by atoms with Gasteiger partial charge in [0.25, 0.3) is 0 Å². The van der Waals surface area contributed by atoms with Crippen LogP contribution in [0, 0.1) is 5.82 Å². The van der Waals surface area contributed by atoms with Gasteiger partial charge < -0.3 is 9.84 Å². The van der Waals surface area contributed by atoms with Crippen LogP contribution in [0.2, 0.25) is 5.02 Å². The number of hydrogen-bond acceptors (Lipinski definition) is 4. The first-order chi connectivity index (χ1) is 8.35. The van der Waals surface area contributed by atoms with Gasteiger partial charge in [-0.15, -0.1) is 0 Å². The molecular weight excluding hydrogens is 285 g/mol. The third-order valence-corrected chi connectivity index (χ3v) is 3.53. The van der Waals surface area contributed by atoms with Crippen molar-refractivity contribution in [3.05, 3.63) is 23.0 Å². The molecule has 18 heavy (non-hydrogen) atoms. The number of benzene rings is 1. The largest absolute Gasteiger partial charge is 0.506 e. The highest BCUT2D eigenvalue weighted by Crippen LogP contribution is 2.30. The second-order valence-electron chi connectivity index (χ2n) is 3.40. The molecule has 102 valence electrons. The fourth-order valence-electron chi connectivity index (χ4n) is 1.15. The van der Waals surface area contributed by atoms with Gasteiger partial charge in [-0.3, -0.25) is 4.72 Å². The van der Waals surface area contributed by atoms with Crippen LogP contribution in [0.4, 0.5) is 10.1 Å². The molecule has 0 amide bonds. The van der Waals surface area contributed by atoms with Crippen LogP contribution >= 0.6 is 11.6 Å². The van der Waals surface area contributed by atoms with Crippen LogP contribution < -0.4 is 4.72 Å². The fraction of sp³-hybridized carbons (Fsp3) is 0.400. The quantitative estimate of drug-likeness (QED) is 0.622. The molecule has 1 rings (SSSR count). The molecule has 0 radical (unpaired) electrons. The minimum Gasteiger partial charge on any atom is -0.506 e. The number of sulfonamides is 1. The lowest BCUT2D eigenvalue weighted by atomic mass is 10.3. The van der Waals surface area contributed by atoms with E-state index in [1.54, 1.807) is 6.92 Å². The predicted molar refractivity (Wildman–Crippen MR) is 67.0 cm³/mol. The monoisotopic (exact) mass is 297 g/mol. The van der Waals surface area contributed by atoms with Crippen molar-refractivity contribution in [2.45, 2.75) is 6.92 Å². The van der Waals surface area contributed by atoms with Gasteiger partial charge in [0.2, 0.25) is 10.0 Å². The number of hydrogen-bond donors (Lipinski definition) is 2. The molecule has 0 spiro atoms. The van der Waals surface area contributed by atoms with Gasteiger partial charge in [0, 0.05) is 12.7 Å². The third-order valence-electron chi connectivity index (χ3n) is 2.00. The molecule has 5 nitrogen and oxygen atoms in total. The van der Waals surface area contributed by atoms with Gasteiger partial charge in [-0.2, -0.15) is 0 Å². The number of aromatic hydroxyl groups is 1. The summed E-state index contributed by atoms with van der Waals surface area (Å²) in [7, 11) is -3.68. The van der Waals surface area contributed by atoms with E-state index in [1.807, 2.05) is 0 Å². The van der Waals surface area contributed by atoms with Crippen molar-refractivity contribution < 1.29 is 22.7 Å². The van der Waals surface area contributed by atoms with Crippen molar-refractivity contribution in [1.82, 2.24) is 0 Å². The number of phenolic OH excluding ortho intramolecular Hbond substituents is 1. The van der Waals surface area contributed by atoms with Gasteiger partial charge in [0.05, 0.1) is 23.1 Å². The zero-order valence-corrected chi connectivity index (χ0v) is 11.2. The summed E-state index contributed by atoms with van der Waals surface area (Å²) in [4.78, 5) is 0. The number of rotatable bonds is 6. The number of phenols is 1. The van der Waals surface area contributed by atoms with Crippen LogP contribution in [-0.2, 0) is 14.8 Å². The molecular formula is C10H13ClFNO4S. The molecule has 0 aliphatic rings. The molecule has 0 aliphatic carbocycles. The summed E-state index contributed by atoms with van der Waals surface area (Å²) in [5, 5.41) is 9.11. The van der Waals surface area contributed by atoms with E-state index in [1.165, 1.54) is 0 Å². The molecule has 0 bridgehead atoms. The van der Waals surface area contributed by atoms with Crippen molar-refractivity contribution in [2.24, 2.45) is 0 Å². The molecule has 0 unspecified atom stereocenters. The fourth-order valence-corrected chi connectivity index (χ4v) is 2.25. The Kier molecular flexibility index (Phi) is 5.18. The smallest absolute Gasteiger partial charge is 0.235 e. The van der Waals surface area contributed by atoms with Crippen molar-refractivity contribution >= 4 is 27.3 Å². The highest BCUT2D eigenvalue weighted by atomic mass is 35.5. The zero-order valence-electron chi connectivity index (χ0n) is 9.61. The van der Waals surface area contributed by atoms with E-state index in [0.717, 1.165) is 12.1 Å². The van der Waals surface area contributed by atoms with Gasteiger partial charge in [-0.1, -0.05) is 11.6 Å². The Morgan fingerprint density at radius 1 is 1.50 bits per heavy atom. The van der Waals surface area contributed by atoms with Gasteiger partial charge in [0.15, 0.2) is 0 Å². The average Bonchev–Trinajstić information content (AvgIpc) is 2.26. The molecule has 0 saturated heterocycles. The van der Waals surface area contributed by atoms with Crippen LogP contribution in [0.3, 0.4) is 0 Å². The molecule has 1 aromatic rings. The van der Waals surface area contributed by atoms with E-state index >= 15 is 0 Å². The molecule has 0 atom stereocenters. The Bertz CT molecular complexity index is 521. The van der Waals surface area contributed by atoms with E-state index < -0.39 is 21.6 Å². The Morgan fingerprint density at radius 2 is 2.17 bits per heavy atom. The molecule has 0 aromatic heterocycles. The standard InChI is InChI=1S/C10H13ClFNO4S/c1-2-17-3-4-18(15,16)13-9-5-7(11)8(12)6-10(9)14/h5-6,13-14H,2-4H2,1H3. The van der Waals surface area contributed by atoms with Crippen LogP contribution in [-0.4, -0.2) is 32.5 Å². The maximum atomic E-state index is 13.0. The lowest BCUT2D eigenvalue weighted by Crippen LogP contribution is -2.20. The minimum absolute atomic E-state index is 0.0293. The lowest BCUT2D eigenvalue weighted by molar-refractivity contribution is 0.163. The molecule has 0 saturated carbocycles. The molecule has 2 N–H and O–H groups in total. The van der Waals surface area contributed by atoms with Crippen LogP contribution in [0.25, 0.3) is 0 Å². The Hall–Kier alpha value is -1.05. The van der Waals surface area contributed by atoms with Crippen LogP contribution in [0.5, 0.6) is 5.75 Å². The van der Waals surface area contributed by atoms with Gasteiger partial charge in [0.1, 0.15) is 11.6 Å². The third kappa shape index (κ3) is 4.32. The van der Waals surface area contributed by atoms with Crippen molar-refractivity contribution in [3.8, 4) is 5.75 Å². The predicted octanol–water partition coefficient (Wildman–Crippen LogP) is 1.96. The summed E-state index contributed by atoms with van der Waals surface area (Å²) < 4.78 is 43.1. The van der Waals surface area contributed by atoms with E-state index in [4.69, 9.17) is 16.3 Å². The van der Waals surface area contributed by atoms with Crippen LogP contribution in [0.1, 0.15) is 6.92 Å². The topological polar surface area (TPSA) is 75.6 Å². The molecule has 0 fully saturated rings. The van der Waals surface area contributed by atoms with Gasteiger partial charge in [-0.05, 0) is 13.0 Å². The zero-order chi connectivity index (χ0) is 13.8. The highest BCUT2D eigenvalue weighted by molar-refractivity contribution is 7.92. The minimum atomic E-state index is -3.68. The maximum absolute atomic E-state index is 13.0. The average molecular weight is 298 g/mol. The summed E-state index contributed by atoms with van der Waals surface area (Å²) in [5.74, 6) is -1.63. The Labute approximate surface area is 110 Å². The SMILES string of the molecule is CCOCCS(=O)(=O)Nc1cc(Cl)c(F)cc1O. The Balaban J connectivity index is 2.81. The van der Waals surface area contributed by atoms with E-state index in [-0.39, 0.29) is 23.1 Å². The first-order valence-electron chi connectivity index (χ1n) is 5.12. The first-order valence-corrected chi connectivity index (χ1v) is 7.15. The van der Waals surface area contributed by atoms with Gasteiger partial charge >= 0.3 is 0 Å². The van der Waals surface area contributed by atoms with Gasteiger partial charge in [-0.25, -0.2) is 12.8 Å². The molecule has 1 aromatic carbocycles. The molecule has 0 heterocycles. The second-order valence-corrected chi connectivity index (χ2v) is 5.65. The van der Waals surface area contributed by atoms with E-state index in [9.17, 15) is 17.9 Å². The highest BCUT2D eigenvalue weighted by Gasteiger charge is 2.15. The summed E-state index contributed by atoms with van der Waals surface area (Å²) in [5.41, 5.74) is -0.169. The molecule has 0 aliphatic heterocycles. The van der Waals surface area contributed by atoms with E-state index in [0.29, 0.717) is 6.61 Å². The summed E-state index contributed by atoms with van der Waals surface area (Å²) in [6, 6.07) is 1.74. The number of ether oxygens (including phenoxy) is 1. The number of halogens is 2. The normalized spacial score (nSPS) is 11.5. The number of nitrogens with one attached hydrogen (secondary N) is 1. The molecule has 8 heteroatoms. The summed E-state index contributed by atoms with van der Waals surface area (Å²) in [6.45, 7) is 2.18. The van der Waals surface area contributed by atoms with Crippen molar-refractivity contribution in [3.63, 3.8) is 0 Å². The lowest BCUT2D eigenvalue weighted by Gasteiger charge is -2.10. The first kappa shape index (κ1) is 15.0. The second kappa shape index (κ2) is 6.21. The Morgan fingerprint density at radius 3 is 2.78 bits per heavy atom. The van der Waals surface area contributed by atoms with Crippen molar-refractivity contribution in [2.75, 3.05) is 23.7 Å². The van der Waals surface area contributed by atoms with Crippen molar-refractivity contribution in [1.29, 1.82) is 0 Å². The maximum Gasteiger partial charge on any atom is 0.235 e. The van der Waals surface area contributed by atoms with Crippen LogP contribution in [0.15, 0.2) is 12.1 Å². The summed E-state index contributed by atoms with van der Waals surface area (Å²) >= 11 is 5.50. The van der Waals surface area contributed by atoms with E-state index in [2.05, 4.69) is 4.72 Å². The number of anilines is 1.